The monoisotopic (exact) mass is 318 g/mol. The number of thiazole rings is 1. The van der Waals surface area contributed by atoms with Crippen molar-refractivity contribution < 1.29 is 4.74 Å². The molecule has 1 aromatic heterocycles. The first-order chi connectivity index (χ1) is 11.3. The minimum absolute atomic E-state index is 0.529. The number of para-hydroxylation sites is 1. The molecule has 0 unspecified atom stereocenters. The summed E-state index contributed by atoms with van der Waals surface area (Å²) in [5, 5.41) is 12.2. The smallest absolute Gasteiger partial charge is 0.134 e. The van der Waals surface area contributed by atoms with Crippen molar-refractivity contribution in [3.8, 4) is 23.1 Å². The Morgan fingerprint density at radius 3 is 2.61 bits per heavy atom. The number of ether oxygens (including phenoxy) is 1. The quantitative estimate of drug-likeness (QED) is 0.644. The molecular weight excluding hydrogens is 304 g/mol. The first kappa shape index (κ1) is 15.0. The van der Waals surface area contributed by atoms with Gasteiger partial charge in [0.25, 0.3) is 0 Å². The fraction of sp³-hybridized carbons (Fsp3) is 0.0526. The molecular formula is C19H14N2OS. The van der Waals surface area contributed by atoms with Crippen LogP contribution in [0.25, 0.3) is 22.9 Å². The zero-order valence-corrected chi connectivity index (χ0v) is 13.4. The Labute approximate surface area is 139 Å². The molecule has 3 aromatic rings. The van der Waals surface area contributed by atoms with Gasteiger partial charge in [0.2, 0.25) is 0 Å². The lowest BCUT2D eigenvalue weighted by atomic mass is 10.1. The van der Waals surface area contributed by atoms with E-state index >= 15 is 0 Å². The average molecular weight is 318 g/mol. The molecule has 0 atom stereocenters. The van der Waals surface area contributed by atoms with Gasteiger partial charge in [-0.1, -0.05) is 48.5 Å². The lowest BCUT2D eigenvalue weighted by Crippen LogP contribution is -1.87. The van der Waals surface area contributed by atoms with Crippen LogP contribution in [0.15, 0.2) is 60.0 Å². The number of aromatic nitrogens is 1. The fourth-order valence-corrected chi connectivity index (χ4v) is 3.02. The van der Waals surface area contributed by atoms with E-state index in [4.69, 9.17) is 4.74 Å². The molecule has 0 bridgehead atoms. The summed E-state index contributed by atoms with van der Waals surface area (Å²) in [5.74, 6) is 0.736. The van der Waals surface area contributed by atoms with Crippen LogP contribution in [0.5, 0.6) is 5.75 Å². The zero-order valence-electron chi connectivity index (χ0n) is 12.6. The summed E-state index contributed by atoms with van der Waals surface area (Å²) in [7, 11) is 1.62. The van der Waals surface area contributed by atoms with E-state index in [2.05, 4.69) is 11.1 Å². The van der Waals surface area contributed by atoms with Crippen LogP contribution in [-0.2, 0) is 0 Å². The van der Waals surface area contributed by atoms with Crippen LogP contribution < -0.4 is 4.74 Å². The first-order valence-electron chi connectivity index (χ1n) is 7.08. The Bertz CT molecular complexity index is 876. The Hall–Kier alpha value is -2.90. The molecule has 0 saturated carbocycles. The highest BCUT2D eigenvalue weighted by molar-refractivity contribution is 7.11. The minimum Gasteiger partial charge on any atom is -0.496 e. The van der Waals surface area contributed by atoms with Crippen molar-refractivity contribution in [3.05, 3.63) is 70.5 Å². The molecule has 0 fully saturated rings. The average Bonchev–Trinajstić information content (AvgIpc) is 3.10. The summed E-state index contributed by atoms with van der Waals surface area (Å²) < 4.78 is 5.33. The molecule has 0 aliphatic rings. The molecule has 0 N–H and O–H groups in total. The third-order valence-electron chi connectivity index (χ3n) is 3.36. The van der Waals surface area contributed by atoms with E-state index in [0.29, 0.717) is 10.6 Å². The van der Waals surface area contributed by atoms with E-state index in [0.717, 1.165) is 22.6 Å². The molecule has 0 saturated heterocycles. The third kappa shape index (κ3) is 3.31. The van der Waals surface area contributed by atoms with Gasteiger partial charge in [0.1, 0.15) is 16.8 Å². The summed E-state index contributed by atoms with van der Waals surface area (Å²) in [6, 6.07) is 19.8. The van der Waals surface area contributed by atoms with Gasteiger partial charge in [0.15, 0.2) is 0 Å². The summed E-state index contributed by atoms with van der Waals surface area (Å²) in [5.41, 5.74) is 3.32. The van der Waals surface area contributed by atoms with E-state index in [9.17, 15) is 5.26 Å². The molecule has 0 amide bonds. The standard InChI is InChI=1S/C19H14N2OS/c1-22-18-10-6-5-9-15(18)11-16(12-20)19-21-17(13-23-19)14-7-3-2-4-8-14/h2-11,13H,1H3/b16-11+. The van der Waals surface area contributed by atoms with E-state index in [1.807, 2.05) is 66.1 Å². The Morgan fingerprint density at radius 1 is 1.13 bits per heavy atom. The number of methoxy groups -OCH3 is 1. The van der Waals surface area contributed by atoms with E-state index in [1.54, 1.807) is 7.11 Å². The maximum absolute atomic E-state index is 9.49. The van der Waals surface area contributed by atoms with Gasteiger partial charge >= 0.3 is 0 Å². The molecule has 4 heteroatoms. The Morgan fingerprint density at radius 2 is 1.87 bits per heavy atom. The number of hydrogen-bond acceptors (Lipinski definition) is 4. The van der Waals surface area contributed by atoms with E-state index in [-0.39, 0.29) is 0 Å². The van der Waals surface area contributed by atoms with Crippen molar-refractivity contribution in [3.63, 3.8) is 0 Å². The van der Waals surface area contributed by atoms with Crippen molar-refractivity contribution in [2.45, 2.75) is 0 Å². The summed E-state index contributed by atoms with van der Waals surface area (Å²) in [6.45, 7) is 0. The molecule has 23 heavy (non-hydrogen) atoms. The molecule has 2 aromatic carbocycles. The molecule has 0 aliphatic carbocycles. The summed E-state index contributed by atoms with van der Waals surface area (Å²) >= 11 is 1.47. The first-order valence-corrected chi connectivity index (χ1v) is 7.96. The normalized spacial score (nSPS) is 11.0. The van der Waals surface area contributed by atoms with Crippen molar-refractivity contribution in [1.29, 1.82) is 5.26 Å². The van der Waals surface area contributed by atoms with Gasteiger partial charge in [-0.2, -0.15) is 5.26 Å². The van der Waals surface area contributed by atoms with Crippen LogP contribution >= 0.6 is 11.3 Å². The minimum atomic E-state index is 0.529. The van der Waals surface area contributed by atoms with Crippen molar-refractivity contribution >= 4 is 23.0 Å². The van der Waals surface area contributed by atoms with Gasteiger partial charge in [0.05, 0.1) is 18.4 Å². The van der Waals surface area contributed by atoms with Crippen LogP contribution in [0.1, 0.15) is 10.6 Å². The number of hydrogen-bond donors (Lipinski definition) is 0. The van der Waals surface area contributed by atoms with Crippen LogP contribution in [0.2, 0.25) is 0 Å². The maximum Gasteiger partial charge on any atom is 0.134 e. The van der Waals surface area contributed by atoms with Gasteiger partial charge in [-0.25, -0.2) is 4.98 Å². The van der Waals surface area contributed by atoms with Crippen molar-refractivity contribution in [2.75, 3.05) is 7.11 Å². The van der Waals surface area contributed by atoms with Gasteiger partial charge in [0, 0.05) is 16.5 Å². The highest BCUT2D eigenvalue weighted by atomic mass is 32.1. The predicted molar refractivity (Wildman–Crippen MR) is 94.0 cm³/mol. The Kier molecular flexibility index (Phi) is 4.51. The second-order valence-electron chi connectivity index (χ2n) is 4.82. The van der Waals surface area contributed by atoms with Gasteiger partial charge in [-0.05, 0) is 12.1 Å². The molecule has 3 nitrogen and oxygen atoms in total. The largest absolute Gasteiger partial charge is 0.496 e. The number of rotatable bonds is 4. The predicted octanol–water partition coefficient (Wildman–Crippen LogP) is 4.88. The van der Waals surface area contributed by atoms with Crippen LogP contribution in [0.3, 0.4) is 0 Å². The number of nitriles is 1. The van der Waals surface area contributed by atoms with Crippen molar-refractivity contribution in [2.24, 2.45) is 0 Å². The fourth-order valence-electron chi connectivity index (χ4n) is 2.22. The van der Waals surface area contributed by atoms with Crippen LogP contribution in [-0.4, -0.2) is 12.1 Å². The second kappa shape index (κ2) is 6.91. The number of nitrogens with zero attached hydrogens (tertiary/aromatic N) is 2. The van der Waals surface area contributed by atoms with Crippen LogP contribution in [0.4, 0.5) is 0 Å². The number of allylic oxidation sites excluding steroid dienone is 1. The van der Waals surface area contributed by atoms with Crippen LogP contribution in [0, 0.1) is 11.3 Å². The van der Waals surface area contributed by atoms with Crippen molar-refractivity contribution in [1.82, 2.24) is 4.98 Å². The van der Waals surface area contributed by atoms with E-state index < -0.39 is 0 Å². The summed E-state index contributed by atoms with van der Waals surface area (Å²) in [6.07, 6.45) is 1.81. The zero-order chi connectivity index (χ0) is 16.1. The second-order valence-corrected chi connectivity index (χ2v) is 5.67. The molecule has 112 valence electrons. The highest BCUT2D eigenvalue weighted by Gasteiger charge is 2.10. The highest BCUT2D eigenvalue weighted by Crippen LogP contribution is 2.29. The van der Waals surface area contributed by atoms with E-state index in [1.165, 1.54) is 11.3 Å². The molecule has 3 rings (SSSR count). The molecule has 1 heterocycles. The lowest BCUT2D eigenvalue weighted by Gasteiger charge is -2.04. The number of benzene rings is 2. The molecule has 0 spiro atoms. The van der Waals surface area contributed by atoms with Gasteiger partial charge in [-0.3, -0.25) is 0 Å². The SMILES string of the molecule is COc1ccccc1/C=C(\C#N)c1nc(-c2ccccc2)cs1. The maximum atomic E-state index is 9.49. The topological polar surface area (TPSA) is 45.9 Å². The van der Waals surface area contributed by atoms with Gasteiger partial charge in [-0.15, -0.1) is 11.3 Å². The molecule has 0 aliphatic heterocycles. The third-order valence-corrected chi connectivity index (χ3v) is 4.24. The van der Waals surface area contributed by atoms with Gasteiger partial charge < -0.3 is 4.74 Å². The summed E-state index contributed by atoms with van der Waals surface area (Å²) in [4.78, 5) is 4.59. The molecule has 0 radical (unpaired) electrons. The Balaban J connectivity index is 1.98. The lowest BCUT2D eigenvalue weighted by molar-refractivity contribution is 0.414.